The van der Waals surface area contributed by atoms with Gasteiger partial charge in [0.2, 0.25) is 8.32 Å². The van der Waals surface area contributed by atoms with Gasteiger partial charge in [0, 0.05) is 0 Å². The topological polar surface area (TPSA) is 27.7 Å². The first-order chi connectivity index (χ1) is 9.80. The van der Waals surface area contributed by atoms with E-state index in [0.717, 1.165) is 27.7 Å². The summed E-state index contributed by atoms with van der Waals surface area (Å²) in [4.78, 5) is 5.94. The van der Waals surface area contributed by atoms with Crippen molar-refractivity contribution in [3.8, 4) is 0 Å². The molecule has 0 bridgehead atoms. The Hall–Kier alpha value is 0.748. The van der Waals surface area contributed by atoms with Gasteiger partial charge in [-0.3, -0.25) is 4.58 Å². The summed E-state index contributed by atoms with van der Waals surface area (Å²) in [5, 5.41) is -0.162. The Morgan fingerprint density at radius 3 is 1.73 bits per heavy atom. The Kier molecular flexibility index (Phi) is 9.03. The van der Waals surface area contributed by atoms with Gasteiger partial charge in [0.25, 0.3) is 0 Å². The second-order valence-electron chi connectivity index (χ2n) is 8.19. The van der Waals surface area contributed by atoms with E-state index in [1.165, 1.54) is 6.04 Å². The molecule has 0 aromatic rings. The van der Waals surface area contributed by atoms with Crippen molar-refractivity contribution in [2.75, 3.05) is 0 Å². The Balaban J connectivity index is 4.60. The van der Waals surface area contributed by atoms with Crippen LogP contribution in [-0.4, -0.2) is 39.7 Å². The number of rotatable bonds is 11. The van der Waals surface area contributed by atoms with Gasteiger partial charge in [0.05, 0.1) is 14.7 Å². The summed E-state index contributed by atoms with van der Waals surface area (Å²) in [6.07, 6.45) is 0.985. The van der Waals surface area contributed by atoms with Gasteiger partial charge in [0.1, 0.15) is 0 Å². The predicted molar refractivity (Wildman–Crippen MR) is 106 cm³/mol. The summed E-state index contributed by atoms with van der Waals surface area (Å²) < 4.78 is 12.4. The van der Waals surface area contributed by atoms with Crippen molar-refractivity contribution in [3.05, 3.63) is 0 Å². The molecule has 132 valence electrons. The first-order valence-corrected chi connectivity index (χ1v) is 19.2. The van der Waals surface area contributed by atoms with Crippen LogP contribution in [-0.2, 0) is 13.6 Å². The van der Waals surface area contributed by atoms with Crippen molar-refractivity contribution in [2.24, 2.45) is 0 Å². The minimum atomic E-state index is -1.65. The fraction of sp³-hybridized carbons (Fsp3) is 1.00. The highest BCUT2D eigenvalue weighted by molar-refractivity contribution is 6.88. The maximum atomic E-state index is 6.58. The first kappa shape index (κ1) is 22.7. The van der Waals surface area contributed by atoms with Crippen molar-refractivity contribution in [2.45, 2.75) is 96.4 Å². The van der Waals surface area contributed by atoms with Crippen LogP contribution < -0.4 is 0 Å². The van der Waals surface area contributed by atoms with E-state index in [0.29, 0.717) is 0 Å². The lowest BCUT2D eigenvalue weighted by Crippen LogP contribution is -2.48. The van der Waals surface area contributed by atoms with Crippen LogP contribution in [0.15, 0.2) is 0 Å². The Morgan fingerprint density at radius 1 is 0.818 bits per heavy atom. The Labute approximate surface area is 144 Å². The van der Waals surface area contributed by atoms with Crippen molar-refractivity contribution in [1.29, 1.82) is 0 Å². The monoisotopic (exact) mass is 378 g/mol. The van der Waals surface area contributed by atoms with Gasteiger partial charge in [0.15, 0.2) is 16.6 Å². The lowest BCUT2D eigenvalue weighted by molar-refractivity contribution is -0.269. The maximum absolute atomic E-state index is 6.58. The van der Waals surface area contributed by atoms with Gasteiger partial charge < -0.3 is 4.12 Å². The number of hydrogen-bond donors (Lipinski definition) is 0. The largest absolute Gasteiger partial charge is 0.456 e. The van der Waals surface area contributed by atoms with E-state index in [9.17, 15) is 0 Å². The lowest BCUT2D eigenvalue weighted by atomic mass is 10.3. The second kappa shape index (κ2) is 8.73. The molecule has 0 fully saturated rings. The van der Waals surface area contributed by atoms with E-state index < -0.39 is 25.0 Å². The van der Waals surface area contributed by atoms with E-state index in [4.69, 9.17) is 13.6 Å². The van der Waals surface area contributed by atoms with E-state index in [-0.39, 0.29) is 5.22 Å². The standard InChI is InChI=1S/C15H38O3Si4/c1-11-15(4,16-17-20(5,6)12-2)19-14-22(9,10)18-21(7,8)13-3/h11-14H2,1-10H3. The summed E-state index contributed by atoms with van der Waals surface area (Å²) in [5.41, 5.74) is 1.16. The third kappa shape index (κ3) is 9.14. The fourth-order valence-electron chi connectivity index (χ4n) is 1.73. The highest BCUT2D eigenvalue weighted by Crippen LogP contribution is 2.25. The van der Waals surface area contributed by atoms with Crippen LogP contribution in [0.4, 0.5) is 0 Å². The summed E-state index contributed by atoms with van der Waals surface area (Å²) in [6, 6.07) is 2.27. The molecule has 0 aromatic carbocycles. The third-order valence-corrected chi connectivity index (χ3v) is 17.9. The Morgan fingerprint density at radius 2 is 1.32 bits per heavy atom. The van der Waals surface area contributed by atoms with Gasteiger partial charge in [-0.05, 0) is 70.4 Å². The van der Waals surface area contributed by atoms with Crippen LogP contribution in [0.25, 0.3) is 0 Å². The van der Waals surface area contributed by atoms with Gasteiger partial charge in [-0.1, -0.05) is 20.8 Å². The molecule has 0 amide bonds. The summed E-state index contributed by atoms with van der Waals surface area (Å²) in [5.74, 6) is 0. The van der Waals surface area contributed by atoms with E-state index in [1.807, 2.05) is 0 Å². The van der Waals surface area contributed by atoms with Crippen molar-refractivity contribution in [3.63, 3.8) is 0 Å². The average Bonchev–Trinajstić information content (AvgIpc) is 2.42. The van der Waals surface area contributed by atoms with E-state index >= 15 is 0 Å². The summed E-state index contributed by atoms with van der Waals surface area (Å²) in [7, 11) is -4.01. The van der Waals surface area contributed by atoms with Gasteiger partial charge >= 0.3 is 0 Å². The molecular weight excluding hydrogens is 341 g/mol. The van der Waals surface area contributed by atoms with Crippen LogP contribution in [0.3, 0.4) is 0 Å². The summed E-state index contributed by atoms with van der Waals surface area (Å²) in [6.45, 7) is 22.6. The highest BCUT2D eigenvalue weighted by Gasteiger charge is 2.36. The minimum absolute atomic E-state index is 0.162. The zero-order valence-electron chi connectivity index (χ0n) is 16.6. The van der Waals surface area contributed by atoms with E-state index in [2.05, 4.69) is 67.0 Å². The lowest BCUT2D eigenvalue weighted by Gasteiger charge is -2.36. The predicted octanol–water partition coefficient (Wildman–Crippen LogP) is 5.39. The normalized spacial score (nSPS) is 16.6. The van der Waals surface area contributed by atoms with Crippen molar-refractivity contribution < 1.29 is 13.6 Å². The van der Waals surface area contributed by atoms with Gasteiger partial charge in [-0.2, -0.15) is 0 Å². The SMILES string of the molecule is CCC(C)(OO[Si](C)(C)CC)[Si]C[Si](C)(C)O[Si](C)(C)CC. The molecule has 2 radical (unpaired) electrons. The molecule has 0 saturated carbocycles. The summed E-state index contributed by atoms with van der Waals surface area (Å²) >= 11 is 0. The van der Waals surface area contributed by atoms with Crippen LogP contribution in [0.5, 0.6) is 0 Å². The highest BCUT2D eigenvalue weighted by atomic mass is 28.4. The molecule has 0 rings (SSSR count). The smallest absolute Gasteiger partial charge is 0.232 e. The molecule has 1 atom stereocenters. The zero-order chi connectivity index (χ0) is 17.7. The van der Waals surface area contributed by atoms with E-state index in [1.54, 1.807) is 0 Å². The maximum Gasteiger partial charge on any atom is 0.232 e. The molecule has 0 aliphatic heterocycles. The van der Waals surface area contributed by atoms with Crippen LogP contribution in [0.2, 0.25) is 57.0 Å². The molecule has 0 aromatic heterocycles. The number of hydrogen-bond acceptors (Lipinski definition) is 3. The molecular formula is C15H38O3Si4. The van der Waals surface area contributed by atoms with Crippen LogP contribution in [0, 0.1) is 0 Å². The second-order valence-corrected chi connectivity index (χ2v) is 24.0. The molecule has 22 heavy (non-hydrogen) atoms. The molecule has 3 nitrogen and oxygen atoms in total. The molecule has 0 aliphatic rings. The molecule has 1 unspecified atom stereocenters. The van der Waals surface area contributed by atoms with Crippen molar-refractivity contribution in [1.82, 2.24) is 0 Å². The Bertz CT molecular complexity index is 335. The fourth-order valence-corrected chi connectivity index (χ4v) is 13.4. The average molecular weight is 379 g/mol. The quantitative estimate of drug-likeness (QED) is 0.274. The molecule has 7 heteroatoms. The molecule has 0 N–H and O–H groups in total. The molecule has 0 spiro atoms. The van der Waals surface area contributed by atoms with Crippen LogP contribution in [0.1, 0.15) is 34.1 Å². The van der Waals surface area contributed by atoms with Crippen molar-refractivity contribution >= 4 is 34.5 Å². The van der Waals surface area contributed by atoms with Gasteiger partial charge in [-0.15, -0.1) is 0 Å². The molecule has 0 saturated heterocycles. The molecule has 0 aliphatic carbocycles. The van der Waals surface area contributed by atoms with Crippen LogP contribution >= 0.6 is 0 Å². The van der Waals surface area contributed by atoms with Gasteiger partial charge in [-0.25, -0.2) is 4.89 Å². The zero-order valence-corrected chi connectivity index (χ0v) is 20.6. The molecule has 0 heterocycles. The third-order valence-electron chi connectivity index (χ3n) is 4.27. The minimum Gasteiger partial charge on any atom is -0.456 e. The first-order valence-electron chi connectivity index (χ1n) is 8.62.